The van der Waals surface area contributed by atoms with Crippen LogP contribution in [0.5, 0.6) is 0 Å². The van der Waals surface area contributed by atoms with Crippen LogP contribution in [-0.2, 0) is 9.59 Å². The van der Waals surface area contributed by atoms with Crippen molar-refractivity contribution in [1.29, 1.82) is 5.26 Å². The summed E-state index contributed by atoms with van der Waals surface area (Å²) in [6.45, 7) is 9.01. The van der Waals surface area contributed by atoms with Gasteiger partial charge in [0.05, 0.1) is 5.56 Å². The number of rotatable bonds is 6. The van der Waals surface area contributed by atoms with Crippen molar-refractivity contribution in [2.45, 2.75) is 39.5 Å². The molecule has 8 nitrogen and oxygen atoms in total. The van der Waals surface area contributed by atoms with E-state index in [-0.39, 0.29) is 35.1 Å². The number of halogens is 1. The van der Waals surface area contributed by atoms with Crippen LogP contribution >= 0.6 is 12.4 Å². The van der Waals surface area contributed by atoms with Crippen molar-refractivity contribution in [2.24, 2.45) is 5.41 Å². The number of hydrogen-bond acceptors (Lipinski definition) is 6. The Kier molecular flexibility index (Phi) is 9.69. The number of hydrogen-bond donors (Lipinski definition) is 0. The second-order valence-corrected chi connectivity index (χ2v) is 8.48. The van der Waals surface area contributed by atoms with Crippen molar-refractivity contribution in [3.63, 3.8) is 0 Å². The number of amides is 2. The van der Waals surface area contributed by atoms with Crippen LogP contribution in [0.15, 0.2) is 18.3 Å². The largest absolute Gasteiger partial charge is 0.412 e. The highest BCUT2D eigenvalue weighted by Gasteiger charge is 2.36. The van der Waals surface area contributed by atoms with E-state index in [4.69, 9.17) is 0 Å². The number of piperazine rings is 1. The molecule has 0 aromatic carbocycles. The summed E-state index contributed by atoms with van der Waals surface area (Å²) in [5.74, 6) is 0.715. The Labute approximate surface area is 184 Å². The predicted octanol–water partition coefficient (Wildman–Crippen LogP) is 1.63. The highest BCUT2D eigenvalue weighted by Crippen LogP contribution is 2.31. The van der Waals surface area contributed by atoms with Crippen molar-refractivity contribution < 1.29 is 15.1 Å². The van der Waals surface area contributed by atoms with Gasteiger partial charge in [-0.05, 0) is 36.9 Å². The lowest BCUT2D eigenvalue weighted by Crippen LogP contribution is -2.48. The van der Waals surface area contributed by atoms with E-state index in [1.54, 1.807) is 18.3 Å². The Hall–Kier alpha value is -2.21. The van der Waals surface area contributed by atoms with Crippen molar-refractivity contribution in [2.75, 3.05) is 44.2 Å². The van der Waals surface area contributed by atoms with Gasteiger partial charge in [-0.3, -0.25) is 19.4 Å². The fraction of sp³-hybridized carbons (Fsp3) is 0.619. The molecule has 166 valence electrons. The average molecular weight is 438 g/mol. The van der Waals surface area contributed by atoms with Crippen molar-refractivity contribution in [1.82, 2.24) is 14.8 Å². The number of unbranched alkanes of at least 4 members (excludes halogenated alkanes) is 1. The van der Waals surface area contributed by atoms with Crippen LogP contribution in [-0.4, -0.2) is 71.3 Å². The lowest BCUT2D eigenvalue weighted by Gasteiger charge is -2.36. The molecule has 2 N–H and O–H groups in total. The summed E-state index contributed by atoms with van der Waals surface area (Å²) in [4.78, 5) is 34.8. The molecule has 0 saturated carbocycles. The molecule has 0 unspecified atom stereocenters. The van der Waals surface area contributed by atoms with E-state index in [0.29, 0.717) is 24.9 Å². The Morgan fingerprint density at radius 1 is 1.07 bits per heavy atom. The number of nitrogens with zero attached hydrogens (tertiary/aromatic N) is 5. The van der Waals surface area contributed by atoms with Crippen molar-refractivity contribution >= 4 is 30.0 Å². The van der Waals surface area contributed by atoms with Crippen LogP contribution in [0.4, 0.5) is 5.82 Å². The van der Waals surface area contributed by atoms with Gasteiger partial charge in [0.2, 0.25) is 11.8 Å². The summed E-state index contributed by atoms with van der Waals surface area (Å²) in [6, 6.07) is 5.81. The van der Waals surface area contributed by atoms with Gasteiger partial charge in [0, 0.05) is 51.8 Å². The first-order valence-electron chi connectivity index (χ1n) is 10.1. The summed E-state index contributed by atoms with van der Waals surface area (Å²) >= 11 is 0. The van der Waals surface area contributed by atoms with E-state index < -0.39 is 0 Å². The molecular weight excluding hydrogens is 406 g/mol. The number of piperidine rings is 1. The number of carbonyl (C=O) groups excluding carboxylic acids is 2. The quantitative estimate of drug-likeness (QED) is 0.493. The number of pyridine rings is 1. The predicted molar refractivity (Wildman–Crippen MR) is 117 cm³/mol. The minimum absolute atomic E-state index is 0. The molecule has 2 amide bonds. The van der Waals surface area contributed by atoms with E-state index in [1.807, 2.05) is 13.8 Å². The molecule has 0 atom stereocenters. The third-order valence-corrected chi connectivity index (χ3v) is 5.55. The van der Waals surface area contributed by atoms with Crippen molar-refractivity contribution in [3.05, 3.63) is 23.9 Å². The van der Waals surface area contributed by atoms with Crippen LogP contribution in [0, 0.1) is 16.7 Å². The first-order valence-corrected chi connectivity index (χ1v) is 10.1. The molecule has 0 spiro atoms. The van der Waals surface area contributed by atoms with Crippen LogP contribution < -0.4 is 4.90 Å². The normalized spacial score (nSPS) is 19.0. The third-order valence-electron chi connectivity index (χ3n) is 5.55. The van der Waals surface area contributed by atoms with E-state index in [2.05, 4.69) is 20.9 Å². The average Bonchev–Trinajstić information content (AvgIpc) is 2.66. The van der Waals surface area contributed by atoms with E-state index in [9.17, 15) is 14.9 Å². The molecule has 2 aliphatic heterocycles. The Bertz CT molecular complexity index is 752. The zero-order chi connectivity index (χ0) is 20.1. The van der Waals surface area contributed by atoms with Crippen LogP contribution in [0.25, 0.3) is 0 Å². The molecular formula is C21H32ClN5O3. The highest BCUT2D eigenvalue weighted by molar-refractivity contribution is 5.98. The Morgan fingerprint density at radius 3 is 2.27 bits per heavy atom. The fourth-order valence-corrected chi connectivity index (χ4v) is 3.99. The lowest BCUT2D eigenvalue weighted by atomic mass is 9.82. The van der Waals surface area contributed by atoms with Crippen LogP contribution in [0.3, 0.4) is 0 Å². The van der Waals surface area contributed by atoms with Gasteiger partial charge >= 0.3 is 0 Å². The minimum atomic E-state index is -0.205. The number of carbonyl (C=O) groups is 2. The maximum atomic E-state index is 12.2. The Morgan fingerprint density at radius 2 is 1.67 bits per heavy atom. The summed E-state index contributed by atoms with van der Waals surface area (Å²) in [5, 5.41) is 9.24. The highest BCUT2D eigenvalue weighted by atomic mass is 35.5. The summed E-state index contributed by atoms with van der Waals surface area (Å²) in [6.07, 6.45) is 4.45. The third kappa shape index (κ3) is 6.39. The molecule has 2 aliphatic rings. The van der Waals surface area contributed by atoms with E-state index >= 15 is 0 Å². The smallest absolute Gasteiger partial charge is 0.229 e. The molecule has 9 heteroatoms. The van der Waals surface area contributed by atoms with E-state index in [0.717, 1.165) is 51.4 Å². The number of anilines is 1. The molecule has 0 bridgehead atoms. The lowest BCUT2D eigenvalue weighted by molar-refractivity contribution is -0.152. The fourth-order valence-electron chi connectivity index (χ4n) is 3.99. The molecule has 3 heterocycles. The van der Waals surface area contributed by atoms with E-state index in [1.165, 1.54) is 4.90 Å². The molecule has 3 rings (SSSR count). The number of nitriles is 1. The molecule has 30 heavy (non-hydrogen) atoms. The standard InChI is InChI=1S/C21H29N5O2.ClH.H2O/c1-21(2)14-18(27)26(19(28)15-21)9-4-3-8-24-10-12-25(13-11-24)20-17(16-22)6-5-7-23-20;;/h5-7H,3-4,8-15H2,1-2H3;1H;1H2. The van der Waals surface area contributed by atoms with Gasteiger partial charge in [0.25, 0.3) is 0 Å². The zero-order valence-corrected chi connectivity index (χ0v) is 18.6. The first-order chi connectivity index (χ1) is 13.4. The summed E-state index contributed by atoms with van der Waals surface area (Å²) in [7, 11) is 0. The molecule has 2 fully saturated rings. The molecule has 0 radical (unpaired) electrons. The summed E-state index contributed by atoms with van der Waals surface area (Å²) < 4.78 is 0. The van der Waals surface area contributed by atoms with Gasteiger partial charge in [-0.1, -0.05) is 13.8 Å². The number of imide groups is 1. The van der Waals surface area contributed by atoms with Crippen molar-refractivity contribution in [3.8, 4) is 6.07 Å². The van der Waals surface area contributed by atoms with Crippen LogP contribution in [0.2, 0.25) is 0 Å². The zero-order valence-electron chi connectivity index (χ0n) is 17.8. The van der Waals surface area contributed by atoms with Gasteiger partial charge in [0.1, 0.15) is 11.9 Å². The van der Waals surface area contributed by atoms with Gasteiger partial charge in [-0.15, -0.1) is 12.4 Å². The first kappa shape index (κ1) is 25.8. The maximum Gasteiger partial charge on any atom is 0.229 e. The second kappa shape index (κ2) is 11.3. The Balaban J connectivity index is 0.00000225. The minimum Gasteiger partial charge on any atom is -0.412 e. The molecule has 1 aromatic heterocycles. The van der Waals surface area contributed by atoms with Crippen LogP contribution in [0.1, 0.15) is 45.1 Å². The van der Waals surface area contributed by atoms with Gasteiger partial charge in [0.15, 0.2) is 0 Å². The maximum absolute atomic E-state index is 12.2. The molecule has 2 saturated heterocycles. The number of aromatic nitrogens is 1. The second-order valence-electron chi connectivity index (χ2n) is 8.48. The van der Waals surface area contributed by atoms with Gasteiger partial charge in [-0.25, -0.2) is 4.98 Å². The number of likely N-dealkylation sites (tertiary alicyclic amines) is 1. The summed E-state index contributed by atoms with van der Waals surface area (Å²) in [5.41, 5.74) is 0.415. The topological polar surface area (TPSA) is 112 Å². The van der Waals surface area contributed by atoms with Gasteiger partial charge in [-0.2, -0.15) is 5.26 Å². The monoisotopic (exact) mass is 437 g/mol. The van der Waals surface area contributed by atoms with Gasteiger partial charge < -0.3 is 10.4 Å². The molecule has 1 aromatic rings. The SMILES string of the molecule is CC1(C)CC(=O)N(CCCCN2CCN(c3ncccc3C#N)CC2)C(=O)C1.Cl.O. The molecule has 0 aliphatic carbocycles.